The van der Waals surface area contributed by atoms with Crippen molar-refractivity contribution in [1.82, 2.24) is 4.90 Å². The van der Waals surface area contributed by atoms with E-state index in [2.05, 4.69) is 4.90 Å². The van der Waals surface area contributed by atoms with Crippen LogP contribution in [0.15, 0.2) is 77.7 Å². The number of nitrogens with zero attached hydrogens (tertiary/aromatic N) is 3. The number of carbonyl (C=O) groups excluding carboxylic acids is 1. The van der Waals surface area contributed by atoms with Crippen LogP contribution in [0.25, 0.3) is 0 Å². The van der Waals surface area contributed by atoms with Crippen LogP contribution < -0.4 is 9.21 Å². The highest BCUT2D eigenvalue weighted by atomic mass is 35.5. The van der Waals surface area contributed by atoms with Gasteiger partial charge in [-0.25, -0.2) is 12.8 Å². The Bertz CT molecular complexity index is 1260. The predicted molar refractivity (Wildman–Crippen MR) is 132 cm³/mol. The van der Waals surface area contributed by atoms with Crippen molar-refractivity contribution in [3.63, 3.8) is 0 Å². The Kier molecular flexibility index (Phi) is 7.09. The van der Waals surface area contributed by atoms with E-state index in [-0.39, 0.29) is 23.2 Å². The van der Waals surface area contributed by atoms with Crippen LogP contribution in [-0.2, 0) is 14.8 Å². The summed E-state index contributed by atoms with van der Waals surface area (Å²) in [6.45, 7) is 3.54. The molecule has 0 aliphatic carbocycles. The summed E-state index contributed by atoms with van der Waals surface area (Å²) in [5, 5.41) is 0.377. The molecule has 0 bridgehead atoms. The summed E-state index contributed by atoms with van der Waals surface area (Å²) in [5.41, 5.74) is 2.14. The summed E-state index contributed by atoms with van der Waals surface area (Å²) in [7, 11) is -4.00. The van der Waals surface area contributed by atoms with Gasteiger partial charge in [-0.15, -0.1) is 0 Å². The second-order valence-electron chi connectivity index (χ2n) is 8.15. The fourth-order valence-corrected chi connectivity index (χ4v) is 5.46. The molecule has 1 heterocycles. The third kappa shape index (κ3) is 5.34. The number of piperazine rings is 1. The summed E-state index contributed by atoms with van der Waals surface area (Å²) >= 11 is 6.13. The van der Waals surface area contributed by atoms with E-state index in [1.807, 2.05) is 6.92 Å². The molecule has 9 heteroatoms. The monoisotopic (exact) mass is 501 g/mol. The number of sulfonamides is 1. The van der Waals surface area contributed by atoms with Gasteiger partial charge in [0.2, 0.25) is 5.91 Å². The van der Waals surface area contributed by atoms with E-state index in [0.717, 1.165) is 15.6 Å². The number of amides is 1. The highest BCUT2D eigenvalue weighted by Crippen LogP contribution is 2.27. The van der Waals surface area contributed by atoms with E-state index in [1.165, 1.54) is 30.3 Å². The Morgan fingerprint density at radius 3 is 2.24 bits per heavy atom. The number of hydrogen-bond donors (Lipinski definition) is 0. The van der Waals surface area contributed by atoms with Crippen molar-refractivity contribution >= 4 is 38.9 Å². The Hall–Kier alpha value is -3.10. The smallest absolute Gasteiger partial charge is 0.264 e. The summed E-state index contributed by atoms with van der Waals surface area (Å²) in [6, 6.07) is 19.2. The lowest BCUT2D eigenvalue weighted by molar-refractivity contribution is -0.129. The molecule has 0 N–H and O–H groups in total. The average molecular weight is 502 g/mol. The standard InChI is InChI=1S/C25H25ClFN3O3S/c1-19-5-11-24(12-6-19)34(32,33)30(23-4-2-3-20(26)17-23)18-25(31)29-15-13-28(14-16-29)22-9-7-21(27)8-10-22/h2-12,17H,13-16,18H2,1H3. The molecule has 0 spiro atoms. The number of anilines is 2. The number of carbonyl (C=O) groups is 1. The topological polar surface area (TPSA) is 60.9 Å². The predicted octanol–water partition coefficient (Wildman–Crippen LogP) is 4.33. The van der Waals surface area contributed by atoms with Gasteiger partial charge in [0.25, 0.3) is 10.0 Å². The number of aryl methyl sites for hydroxylation is 1. The number of hydrogen-bond acceptors (Lipinski definition) is 4. The number of rotatable bonds is 6. The van der Waals surface area contributed by atoms with E-state index in [1.54, 1.807) is 47.4 Å². The van der Waals surface area contributed by atoms with Crippen LogP contribution >= 0.6 is 11.6 Å². The van der Waals surface area contributed by atoms with E-state index in [4.69, 9.17) is 11.6 Å². The maximum atomic E-state index is 13.5. The van der Waals surface area contributed by atoms with E-state index < -0.39 is 10.0 Å². The molecule has 0 radical (unpaired) electrons. The van der Waals surface area contributed by atoms with Crippen LogP contribution in [0.4, 0.5) is 15.8 Å². The van der Waals surface area contributed by atoms with Crippen molar-refractivity contribution in [2.24, 2.45) is 0 Å². The van der Waals surface area contributed by atoms with Crippen molar-refractivity contribution in [2.45, 2.75) is 11.8 Å². The molecule has 34 heavy (non-hydrogen) atoms. The van der Waals surface area contributed by atoms with Crippen molar-refractivity contribution in [1.29, 1.82) is 0 Å². The molecule has 1 fully saturated rings. The van der Waals surface area contributed by atoms with Gasteiger partial charge in [-0.05, 0) is 61.5 Å². The average Bonchev–Trinajstić information content (AvgIpc) is 2.83. The quantitative estimate of drug-likeness (QED) is 0.504. The first-order valence-electron chi connectivity index (χ1n) is 10.9. The van der Waals surface area contributed by atoms with Gasteiger partial charge in [0.05, 0.1) is 10.6 Å². The van der Waals surface area contributed by atoms with Gasteiger partial charge in [0.1, 0.15) is 12.4 Å². The van der Waals surface area contributed by atoms with Gasteiger partial charge in [0.15, 0.2) is 0 Å². The Morgan fingerprint density at radius 2 is 1.62 bits per heavy atom. The van der Waals surface area contributed by atoms with E-state index >= 15 is 0 Å². The molecule has 0 atom stereocenters. The van der Waals surface area contributed by atoms with Gasteiger partial charge in [-0.1, -0.05) is 35.4 Å². The third-order valence-electron chi connectivity index (χ3n) is 5.81. The van der Waals surface area contributed by atoms with Crippen LogP contribution in [0.2, 0.25) is 5.02 Å². The molecule has 1 aliphatic rings. The van der Waals surface area contributed by atoms with Crippen molar-refractivity contribution < 1.29 is 17.6 Å². The highest BCUT2D eigenvalue weighted by Gasteiger charge is 2.30. The molecule has 1 amide bonds. The summed E-state index contributed by atoms with van der Waals surface area (Å²) in [4.78, 5) is 17.0. The molecular formula is C25H25ClFN3O3S. The van der Waals surface area contributed by atoms with Crippen molar-refractivity contribution in [3.8, 4) is 0 Å². The van der Waals surface area contributed by atoms with E-state index in [0.29, 0.717) is 36.9 Å². The maximum absolute atomic E-state index is 13.5. The van der Waals surface area contributed by atoms with Gasteiger partial charge >= 0.3 is 0 Å². The fourth-order valence-electron chi connectivity index (χ4n) is 3.87. The number of benzene rings is 3. The molecule has 1 aliphatic heterocycles. The molecule has 3 aromatic carbocycles. The second-order valence-corrected chi connectivity index (χ2v) is 10.4. The van der Waals surface area contributed by atoms with E-state index in [9.17, 15) is 17.6 Å². The first kappa shape index (κ1) is 24.0. The zero-order chi connectivity index (χ0) is 24.3. The largest absolute Gasteiger partial charge is 0.368 e. The molecular weight excluding hydrogens is 477 g/mol. The highest BCUT2D eigenvalue weighted by molar-refractivity contribution is 7.92. The molecule has 3 aromatic rings. The molecule has 178 valence electrons. The minimum atomic E-state index is -4.00. The lowest BCUT2D eigenvalue weighted by Crippen LogP contribution is -2.52. The molecule has 6 nitrogen and oxygen atoms in total. The lowest BCUT2D eigenvalue weighted by atomic mass is 10.2. The summed E-state index contributed by atoms with van der Waals surface area (Å²) in [5.74, 6) is -0.595. The first-order chi connectivity index (χ1) is 16.2. The van der Waals surface area contributed by atoms with Gasteiger partial charge in [0, 0.05) is 36.9 Å². The Labute approximate surface area is 204 Å². The van der Waals surface area contributed by atoms with Gasteiger partial charge in [-0.3, -0.25) is 9.10 Å². The summed E-state index contributed by atoms with van der Waals surface area (Å²) in [6.07, 6.45) is 0. The summed E-state index contributed by atoms with van der Waals surface area (Å²) < 4.78 is 41.3. The maximum Gasteiger partial charge on any atom is 0.264 e. The molecule has 4 rings (SSSR count). The van der Waals surface area contributed by atoms with Crippen molar-refractivity contribution in [2.75, 3.05) is 41.9 Å². The first-order valence-corrected chi connectivity index (χ1v) is 12.7. The fraction of sp³-hybridized carbons (Fsp3) is 0.240. The van der Waals surface area contributed by atoms with Crippen LogP contribution in [0.1, 0.15) is 5.56 Å². The van der Waals surface area contributed by atoms with Crippen LogP contribution in [0.3, 0.4) is 0 Å². The van der Waals surface area contributed by atoms with Crippen LogP contribution in [-0.4, -0.2) is 51.9 Å². The molecule has 0 saturated carbocycles. The number of halogens is 2. The Morgan fingerprint density at radius 1 is 0.971 bits per heavy atom. The molecule has 1 saturated heterocycles. The minimum absolute atomic E-state index is 0.104. The van der Waals surface area contributed by atoms with Crippen molar-refractivity contribution in [3.05, 3.63) is 89.2 Å². The molecule has 0 aromatic heterocycles. The third-order valence-corrected chi connectivity index (χ3v) is 7.83. The normalized spacial score (nSPS) is 14.2. The second kappa shape index (κ2) is 10.0. The SMILES string of the molecule is Cc1ccc(S(=O)(=O)N(CC(=O)N2CCN(c3ccc(F)cc3)CC2)c2cccc(Cl)c2)cc1. The molecule has 0 unspecified atom stereocenters. The zero-order valence-corrected chi connectivity index (χ0v) is 20.3. The van der Waals surface area contributed by atoms with Crippen LogP contribution in [0, 0.1) is 12.7 Å². The van der Waals surface area contributed by atoms with Gasteiger partial charge in [-0.2, -0.15) is 0 Å². The van der Waals surface area contributed by atoms with Gasteiger partial charge < -0.3 is 9.80 Å². The zero-order valence-electron chi connectivity index (χ0n) is 18.7. The Balaban J connectivity index is 1.53. The lowest BCUT2D eigenvalue weighted by Gasteiger charge is -2.37. The van der Waals surface area contributed by atoms with Crippen LogP contribution in [0.5, 0.6) is 0 Å². The minimum Gasteiger partial charge on any atom is -0.368 e.